The minimum Gasteiger partial charge on any atom is -0.497 e. The number of oxime groups is 1. The van der Waals surface area contributed by atoms with Crippen molar-refractivity contribution >= 4 is 14.0 Å². The molecule has 0 heterocycles. The molecule has 4 heteroatoms. The van der Waals surface area contributed by atoms with Crippen molar-refractivity contribution in [1.29, 1.82) is 0 Å². The van der Waals surface area contributed by atoms with E-state index in [4.69, 9.17) is 9.26 Å². The zero-order valence-corrected chi connectivity index (χ0v) is 11.6. The average molecular weight is 237 g/mol. The smallest absolute Gasteiger partial charge is 0.278 e. The molecule has 0 fully saturated rings. The molecule has 0 aliphatic carbocycles. The van der Waals surface area contributed by atoms with Gasteiger partial charge in [0.2, 0.25) is 0 Å². The molecule has 0 spiro atoms. The molecule has 0 bridgehead atoms. The molecule has 0 aromatic heterocycles. The molecule has 88 valence electrons. The van der Waals surface area contributed by atoms with Gasteiger partial charge in [-0.3, -0.25) is 0 Å². The highest BCUT2D eigenvalue weighted by Gasteiger charge is 2.15. The molecule has 0 aliphatic heterocycles. The van der Waals surface area contributed by atoms with Gasteiger partial charge in [-0.25, -0.2) is 0 Å². The maximum absolute atomic E-state index is 5.50. The molecule has 3 nitrogen and oxygen atoms in total. The standard InChI is InChI=1S/C12H19NO2Si/c1-10(13-15-16(3,4)5)11-6-8-12(14-2)9-7-11/h6-9H,1-5H3/b13-10+. The first-order valence-corrected chi connectivity index (χ1v) is 8.70. The number of methoxy groups -OCH3 is 1. The molecule has 0 unspecified atom stereocenters. The van der Waals surface area contributed by atoms with Gasteiger partial charge in [0.25, 0.3) is 8.32 Å². The van der Waals surface area contributed by atoms with Gasteiger partial charge in [-0.05, 0) is 56.4 Å². The molecular weight excluding hydrogens is 218 g/mol. The maximum atomic E-state index is 5.50. The lowest BCUT2D eigenvalue weighted by atomic mass is 10.1. The van der Waals surface area contributed by atoms with E-state index in [9.17, 15) is 0 Å². The molecule has 0 N–H and O–H groups in total. The summed E-state index contributed by atoms with van der Waals surface area (Å²) < 4.78 is 10.6. The van der Waals surface area contributed by atoms with Crippen molar-refractivity contribution in [2.24, 2.45) is 5.16 Å². The number of rotatable bonds is 4. The van der Waals surface area contributed by atoms with Gasteiger partial charge in [0, 0.05) is 0 Å². The summed E-state index contributed by atoms with van der Waals surface area (Å²) in [5.74, 6) is 0.850. The molecule has 0 atom stereocenters. The Balaban J connectivity index is 2.76. The van der Waals surface area contributed by atoms with Gasteiger partial charge in [-0.1, -0.05) is 0 Å². The molecular formula is C12H19NO2Si. The zero-order valence-electron chi connectivity index (χ0n) is 10.6. The monoisotopic (exact) mass is 237 g/mol. The Kier molecular flexibility index (Phi) is 4.12. The van der Waals surface area contributed by atoms with Crippen LogP contribution in [0, 0.1) is 0 Å². The van der Waals surface area contributed by atoms with Crippen LogP contribution < -0.4 is 4.74 Å². The molecule has 0 aliphatic rings. The Hall–Kier alpha value is -1.29. The van der Waals surface area contributed by atoms with Crippen LogP contribution in [0.1, 0.15) is 12.5 Å². The highest BCUT2D eigenvalue weighted by molar-refractivity contribution is 6.69. The van der Waals surface area contributed by atoms with Crippen molar-refractivity contribution in [3.63, 3.8) is 0 Å². The number of hydrogen-bond donors (Lipinski definition) is 0. The topological polar surface area (TPSA) is 30.8 Å². The molecule has 0 radical (unpaired) electrons. The SMILES string of the molecule is COc1ccc(/C(C)=N/O[Si](C)(C)C)cc1. The molecule has 1 aromatic rings. The lowest BCUT2D eigenvalue weighted by Gasteiger charge is -2.13. The van der Waals surface area contributed by atoms with Crippen LogP contribution in [0.3, 0.4) is 0 Å². The number of nitrogens with zero attached hydrogens (tertiary/aromatic N) is 1. The highest BCUT2D eigenvalue weighted by Crippen LogP contribution is 2.13. The molecule has 0 saturated heterocycles. The zero-order chi connectivity index (χ0) is 12.2. The van der Waals surface area contributed by atoms with Gasteiger partial charge in [-0.2, -0.15) is 0 Å². The van der Waals surface area contributed by atoms with E-state index in [1.54, 1.807) is 7.11 Å². The second-order valence-corrected chi connectivity index (χ2v) is 9.02. The van der Waals surface area contributed by atoms with Crippen molar-refractivity contribution in [3.8, 4) is 5.75 Å². The van der Waals surface area contributed by atoms with Crippen LogP contribution in [0.4, 0.5) is 0 Å². The van der Waals surface area contributed by atoms with E-state index >= 15 is 0 Å². The molecule has 16 heavy (non-hydrogen) atoms. The van der Waals surface area contributed by atoms with E-state index in [0.29, 0.717) is 0 Å². The first-order chi connectivity index (χ1) is 7.42. The van der Waals surface area contributed by atoms with Crippen molar-refractivity contribution in [3.05, 3.63) is 29.8 Å². The molecule has 1 rings (SSSR count). The maximum Gasteiger partial charge on any atom is 0.278 e. The van der Waals surface area contributed by atoms with Crippen molar-refractivity contribution < 1.29 is 9.26 Å². The third kappa shape index (κ3) is 4.06. The van der Waals surface area contributed by atoms with E-state index < -0.39 is 8.32 Å². The van der Waals surface area contributed by atoms with Crippen LogP contribution >= 0.6 is 0 Å². The second kappa shape index (κ2) is 5.16. The fourth-order valence-electron chi connectivity index (χ4n) is 1.09. The van der Waals surface area contributed by atoms with Crippen LogP contribution in [0.2, 0.25) is 19.6 Å². The molecule has 1 aromatic carbocycles. The Labute approximate surface area is 98.2 Å². The van der Waals surface area contributed by atoms with E-state index in [2.05, 4.69) is 24.8 Å². The summed E-state index contributed by atoms with van der Waals surface area (Å²) in [7, 11) is 0.0742. The Bertz CT molecular complexity index is 366. The minimum atomic E-state index is -1.58. The highest BCUT2D eigenvalue weighted by atomic mass is 28.4. The lowest BCUT2D eigenvalue weighted by molar-refractivity contribution is 0.335. The Morgan fingerprint density at radius 3 is 2.12 bits per heavy atom. The summed E-state index contributed by atoms with van der Waals surface area (Å²) >= 11 is 0. The number of ether oxygens (including phenoxy) is 1. The van der Waals surface area contributed by atoms with Gasteiger partial charge in [0.15, 0.2) is 0 Å². The van der Waals surface area contributed by atoms with Crippen LogP contribution in [-0.4, -0.2) is 21.1 Å². The van der Waals surface area contributed by atoms with Crippen LogP contribution in [0.15, 0.2) is 29.4 Å². The summed E-state index contributed by atoms with van der Waals surface area (Å²) in [5.41, 5.74) is 1.95. The van der Waals surface area contributed by atoms with E-state index in [-0.39, 0.29) is 0 Å². The van der Waals surface area contributed by atoms with E-state index in [1.807, 2.05) is 31.2 Å². The van der Waals surface area contributed by atoms with Gasteiger partial charge in [-0.15, -0.1) is 5.16 Å². The summed E-state index contributed by atoms with van der Waals surface area (Å²) in [4.78, 5) is 0. The van der Waals surface area contributed by atoms with Gasteiger partial charge in [0.05, 0.1) is 12.8 Å². The fraction of sp³-hybridized carbons (Fsp3) is 0.417. The predicted molar refractivity (Wildman–Crippen MR) is 69.6 cm³/mol. The van der Waals surface area contributed by atoms with Gasteiger partial charge >= 0.3 is 0 Å². The van der Waals surface area contributed by atoms with E-state index in [1.165, 1.54) is 0 Å². The van der Waals surface area contributed by atoms with Gasteiger partial charge in [0.1, 0.15) is 5.75 Å². The Morgan fingerprint density at radius 1 is 1.12 bits per heavy atom. The second-order valence-electron chi connectivity index (χ2n) is 4.61. The van der Waals surface area contributed by atoms with Gasteiger partial charge < -0.3 is 9.26 Å². The minimum absolute atomic E-state index is 0.850. The summed E-state index contributed by atoms with van der Waals surface area (Å²) in [6.45, 7) is 8.27. The lowest BCUT2D eigenvalue weighted by Crippen LogP contribution is -2.22. The first kappa shape index (κ1) is 12.8. The average Bonchev–Trinajstić information content (AvgIpc) is 2.25. The van der Waals surface area contributed by atoms with Crippen molar-refractivity contribution in [1.82, 2.24) is 0 Å². The third-order valence-corrected chi connectivity index (χ3v) is 2.60. The largest absolute Gasteiger partial charge is 0.497 e. The first-order valence-electron chi connectivity index (χ1n) is 5.29. The number of benzene rings is 1. The molecule has 0 saturated carbocycles. The number of hydrogen-bond acceptors (Lipinski definition) is 3. The summed E-state index contributed by atoms with van der Waals surface area (Å²) in [6.07, 6.45) is 0. The normalized spacial score (nSPS) is 12.4. The van der Waals surface area contributed by atoms with E-state index in [0.717, 1.165) is 17.0 Å². The van der Waals surface area contributed by atoms with Crippen molar-refractivity contribution in [2.75, 3.05) is 7.11 Å². The van der Waals surface area contributed by atoms with Crippen molar-refractivity contribution in [2.45, 2.75) is 26.6 Å². The predicted octanol–water partition coefficient (Wildman–Crippen LogP) is 3.27. The van der Waals surface area contributed by atoms with Crippen LogP contribution in [0.25, 0.3) is 0 Å². The fourth-order valence-corrected chi connectivity index (χ4v) is 1.50. The third-order valence-electron chi connectivity index (χ3n) is 1.96. The Morgan fingerprint density at radius 2 is 1.69 bits per heavy atom. The van der Waals surface area contributed by atoms with Crippen LogP contribution in [-0.2, 0) is 4.53 Å². The quantitative estimate of drug-likeness (QED) is 0.457. The summed E-state index contributed by atoms with van der Waals surface area (Å²) in [6, 6.07) is 7.79. The molecule has 0 amide bonds. The van der Waals surface area contributed by atoms with Crippen LogP contribution in [0.5, 0.6) is 5.75 Å². The summed E-state index contributed by atoms with van der Waals surface area (Å²) in [5, 5.41) is 4.16.